The van der Waals surface area contributed by atoms with Gasteiger partial charge < -0.3 is 15.8 Å². The van der Waals surface area contributed by atoms with Crippen molar-refractivity contribution >= 4 is 17.6 Å². The third kappa shape index (κ3) is 2.79. The van der Waals surface area contributed by atoms with Gasteiger partial charge in [0.2, 0.25) is 0 Å². The number of nitrogens with zero attached hydrogens (tertiary/aromatic N) is 1. The second-order valence-corrected chi connectivity index (χ2v) is 4.37. The van der Waals surface area contributed by atoms with Crippen LogP contribution >= 0.6 is 0 Å². The number of amides is 2. The van der Waals surface area contributed by atoms with E-state index < -0.39 is 17.9 Å². The Balaban J connectivity index is 2.10. The second-order valence-electron chi connectivity index (χ2n) is 4.37. The lowest BCUT2D eigenvalue weighted by atomic mass is 10.1. The van der Waals surface area contributed by atoms with Gasteiger partial charge in [-0.1, -0.05) is 18.2 Å². The highest BCUT2D eigenvalue weighted by Crippen LogP contribution is 2.22. The van der Waals surface area contributed by atoms with Crippen molar-refractivity contribution in [2.75, 3.05) is 6.61 Å². The minimum absolute atomic E-state index is 0.0237. The Morgan fingerprint density at radius 1 is 1.32 bits per heavy atom. The molecule has 0 aromatic heterocycles. The lowest BCUT2D eigenvalue weighted by molar-refractivity contribution is -0.129. The summed E-state index contributed by atoms with van der Waals surface area (Å²) in [6.45, 7) is 3.87. The Morgan fingerprint density at radius 3 is 2.53 bits per heavy atom. The van der Waals surface area contributed by atoms with Gasteiger partial charge in [0.25, 0.3) is 11.8 Å². The Bertz CT molecular complexity index is 546. The highest BCUT2D eigenvalue weighted by Gasteiger charge is 2.28. The molecule has 6 nitrogen and oxygen atoms in total. The van der Waals surface area contributed by atoms with Gasteiger partial charge >= 0.3 is 0 Å². The Hall–Kier alpha value is -2.21. The predicted octanol–water partition coefficient (Wildman–Crippen LogP) is 0.0644. The van der Waals surface area contributed by atoms with E-state index in [0.717, 1.165) is 16.9 Å². The van der Waals surface area contributed by atoms with Crippen molar-refractivity contribution in [1.29, 1.82) is 0 Å². The first kappa shape index (κ1) is 13.2. The van der Waals surface area contributed by atoms with Crippen molar-refractivity contribution in [2.24, 2.45) is 10.7 Å². The van der Waals surface area contributed by atoms with Crippen molar-refractivity contribution in [2.45, 2.75) is 19.9 Å². The first-order chi connectivity index (χ1) is 8.99. The summed E-state index contributed by atoms with van der Waals surface area (Å²) >= 11 is 0. The standard InChI is InChI=1S/C13H15N3O3/c1-7-4-3-5-8(2)11(7)19-6-9-15-12(17)10(14)13(18)16-9/h3-5,10H,6,14H2,1-2H3,(H,15,16,17,18). The van der Waals surface area contributed by atoms with Gasteiger partial charge in [0.15, 0.2) is 11.9 Å². The number of nitrogens with one attached hydrogen (secondary N) is 1. The summed E-state index contributed by atoms with van der Waals surface area (Å²) in [6, 6.07) is 4.55. The van der Waals surface area contributed by atoms with E-state index in [4.69, 9.17) is 10.5 Å². The zero-order chi connectivity index (χ0) is 14.0. The molecule has 1 aromatic rings. The van der Waals surface area contributed by atoms with Gasteiger partial charge in [-0.25, -0.2) is 0 Å². The molecule has 1 aliphatic heterocycles. The van der Waals surface area contributed by atoms with Gasteiger partial charge in [-0.2, -0.15) is 4.99 Å². The SMILES string of the molecule is Cc1cccc(C)c1OCC1=NC(=O)C(N)C(=O)N1. The number of rotatable bonds is 3. The van der Waals surface area contributed by atoms with Crippen LogP contribution in [0.3, 0.4) is 0 Å². The van der Waals surface area contributed by atoms with Crippen molar-refractivity contribution in [1.82, 2.24) is 5.32 Å². The Morgan fingerprint density at radius 2 is 1.95 bits per heavy atom. The maximum atomic E-state index is 11.4. The fourth-order valence-electron chi connectivity index (χ4n) is 1.80. The summed E-state index contributed by atoms with van der Waals surface area (Å²) in [4.78, 5) is 26.4. The quantitative estimate of drug-likeness (QED) is 0.752. The molecule has 2 rings (SSSR count). The monoisotopic (exact) mass is 261 g/mol. The third-order valence-corrected chi connectivity index (χ3v) is 2.82. The summed E-state index contributed by atoms with van der Waals surface area (Å²) in [5.74, 6) is -0.301. The minimum Gasteiger partial charge on any atom is -0.485 e. The minimum atomic E-state index is -1.22. The van der Waals surface area contributed by atoms with Gasteiger partial charge in [0.1, 0.15) is 12.4 Å². The molecular weight excluding hydrogens is 246 g/mol. The Kier molecular flexibility index (Phi) is 3.62. The number of para-hydroxylation sites is 1. The molecule has 0 fully saturated rings. The number of amidine groups is 1. The predicted molar refractivity (Wildman–Crippen MR) is 70.0 cm³/mol. The molecule has 6 heteroatoms. The number of benzene rings is 1. The average molecular weight is 261 g/mol. The molecule has 1 aliphatic rings. The molecule has 0 bridgehead atoms. The number of carbonyl (C=O) groups is 2. The topological polar surface area (TPSA) is 93.8 Å². The van der Waals surface area contributed by atoms with Gasteiger partial charge in [0, 0.05) is 0 Å². The summed E-state index contributed by atoms with van der Waals surface area (Å²) in [7, 11) is 0. The summed E-state index contributed by atoms with van der Waals surface area (Å²) in [5.41, 5.74) is 7.29. The normalized spacial score (nSPS) is 18.9. The molecule has 0 spiro atoms. The Labute approximate surface area is 110 Å². The van der Waals surface area contributed by atoms with Gasteiger partial charge in [-0.3, -0.25) is 9.59 Å². The van der Waals surface area contributed by atoms with Crippen LogP contribution in [0.2, 0.25) is 0 Å². The molecule has 1 atom stereocenters. The van der Waals surface area contributed by atoms with Crippen molar-refractivity contribution in [3.05, 3.63) is 29.3 Å². The summed E-state index contributed by atoms with van der Waals surface area (Å²) in [5, 5.41) is 2.45. The number of aliphatic imine (C=N–C) groups is 1. The maximum absolute atomic E-state index is 11.4. The maximum Gasteiger partial charge on any atom is 0.274 e. The van der Waals surface area contributed by atoms with E-state index in [1.54, 1.807) is 0 Å². The van der Waals surface area contributed by atoms with E-state index >= 15 is 0 Å². The van der Waals surface area contributed by atoms with Crippen LogP contribution in [-0.2, 0) is 9.59 Å². The van der Waals surface area contributed by atoms with Crippen LogP contribution in [0, 0.1) is 13.8 Å². The zero-order valence-electron chi connectivity index (χ0n) is 10.8. The molecule has 0 aliphatic carbocycles. The van der Waals surface area contributed by atoms with E-state index in [9.17, 15) is 9.59 Å². The number of nitrogens with two attached hydrogens (primary N) is 1. The number of hydrogen-bond donors (Lipinski definition) is 2. The molecule has 0 saturated carbocycles. The first-order valence-corrected chi connectivity index (χ1v) is 5.86. The summed E-state index contributed by atoms with van der Waals surface area (Å²) in [6.07, 6.45) is 0. The summed E-state index contributed by atoms with van der Waals surface area (Å²) < 4.78 is 5.60. The number of ether oxygens (including phenoxy) is 1. The number of carbonyl (C=O) groups excluding carboxylic acids is 2. The van der Waals surface area contributed by atoms with E-state index in [-0.39, 0.29) is 12.4 Å². The van der Waals surface area contributed by atoms with E-state index in [1.165, 1.54) is 0 Å². The molecule has 2 amide bonds. The molecule has 1 aromatic carbocycles. The van der Waals surface area contributed by atoms with Crippen LogP contribution < -0.4 is 15.8 Å². The van der Waals surface area contributed by atoms with Crippen molar-refractivity contribution in [3.8, 4) is 5.75 Å². The first-order valence-electron chi connectivity index (χ1n) is 5.86. The smallest absolute Gasteiger partial charge is 0.274 e. The molecule has 19 heavy (non-hydrogen) atoms. The van der Waals surface area contributed by atoms with Crippen molar-refractivity contribution < 1.29 is 14.3 Å². The molecule has 3 N–H and O–H groups in total. The highest BCUT2D eigenvalue weighted by molar-refractivity contribution is 6.18. The van der Waals surface area contributed by atoms with E-state index in [2.05, 4.69) is 10.3 Å². The molecule has 0 saturated heterocycles. The van der Waals surface area contributed by atoms with Gasteiger partial charge in [-0.15, -0.1) is 0 Å². The van der Waals surface area contributed by atoms with Crippen LogP contribution in [0.1, 0.15) is 11.1 Å². The average Bonchev–Trinajstić information content (AvgIpc) is 2.35. The van der Waals surface area contributed by atoms with E-state index in [0.29, 0.717) is 0 Å². The number of aryl methyl sites for hydroxylation is 2. The lowest BCUT2D eigenvalue weighted by Crippen LogP contribution is -2.53. The molecule has 100 valence electrons. The van der Waals surface area contributed by atoms with Crippen molar-refractivity contribution in [3.63, 3.8) is 0 Å². The fraction of sp³-hybridized carbons (Fsp3) is 0.308. The molecular formula is C13H15N3O3. The second kappa shape index (κ2) is 5.19. The van der Waals surface area contributed by atoms with Crippen LogP contribution in [0.25, 0.3) is 0 Å². The molecule has 1 unspecified atom stereocenters. The number of hydrogen-bond acceptors (Lipinski definition) is 4. The molecule has 0 radical (unpaired) electrons. The fourth-order valence-corrected chi connectivity index (χ4v) is 1.80. The van der Waals surface area contributed by atoms with Crippen LogP contribution in [0.4, 0.5) is 0 Å². The zero-order valence-corrected chi connectivity index (χ0v) is 10.8. The lowest BCUT2D eigenvalue weighted by Gasteiger charge is -2.18. The van der Waals surface area contributed by atoms with Crippen LogP contribution in [0.15, 0.2) is 23.2 Å². The highest BCUT2D eigenvalue weighted by atomic mass is 16.5. The van der Waals surface area contributed by atoms with Gasteiger partial charge in [-0.05, 0) is 25.0 Å². The van der Waals surface area contributed by atoms with Crippen LogP contribution in [-0.4, -0.2) is 30.3 Å². The largest absolute Gasteiger partial charge is 0.485 e. The molecule has 1 heterocycles. The van der Waals surface area contributed by atoms with E-state index in [1.807, 2.05) is 32.0 Å². The van der Waals surface area contributed by atoms with Gasteiger partial charge in [0.05, 0.1) is 0 Å². The third-order valence-electron chi connectivity index (χ3n) is 2.82. The van der Waals surface area contributed by atoms with Crippen LogP contribution in [0.5, 0.6) is 5.75 Å².